The monoisotopic (exact) mass is 625 g/mol. The molecule has 2 amide bonds. The number of nitrogens with zero attached hydrogens (tertiary/aromatic N) is 2. The van der Waals surface area contributed by atoms with Gasteiger partial charge in [-0.2, -0.15) is 0 Å². The van der Waals surface area contributed by atoms with Crippen LogP contribution in [0.3, 0.4) is 0 Å². The lowest BCUT2D eigenvalue weighted by atomic mass is 9.81. The highest BCUT2D eigenvalue weighted by atomic mass is 35.5. The minimum absolute atomic E-state index is 0.0639. The Morgan fingerprint density at radius 3 is 2.67 bits per heavy atom. The van der Waals surface area contributed by atoms with Crippen molar-refractivity contribution < 1.29 is 23.8 Å². The van der Waals surface area contributed by atoms with Crippen LogP contribution >= 0.6 is 23.2 Å². The number of anilines is 1. The Bertz CT molecular complexity index is 1690. The fourth-order valence-electron chi connectivity index (χ4n) is 5.29. The lowest BCUT2D eigenvalue weighted by Crippen LogP contribution is -2.44. The average molecular weight is 627 g/mol. The first kappa shape index (κ1) is 29.3. The number of ether oxygens (including phenoxy) is 1. The van der Waals surface area contributed by atoms with Gasteiger partial charge in [0.2, 0.25) is 5.91 Å². The fraction of sp³-hybridized carbons (Fsp3) is 0.355. The maximum atomic E-state index is 14.5. The third kappa shape index (κ3) is 5.32. The van der Waals surface area contributed by atoms with Crippen LogP contribution in [-0.2, 0) is 15.8 Å². The number of aromatic nitrogens is 1. The number of nitrogens with one attached hydrogen (secondary N) is 1. The zero-order valence-electron chi connectivity index (χ0n) is 23.3. The molecule has 2 aromatic carbocycles. The van der Waals surface area contributed by atoms with E-state index in [9.17, 15) is 19.1 Å². The summed E-state index contributed by atoms with van der Waals surface area (Å²) < 4.78 is 20.4. The van der Waals surface area contributed by atoms with Crippen LogP contribution in [0.2, 0.25) is 10.0 Å². The van der Waals surface area contributed by atoms with E-state index in [1.807, 2.05) is 0 Å². The van der Waals surface area contributed by atoms with Crippen molar-refractivity contribution in [2.75, 3.05) is 18.9 Å². The third-order valence-corrected chi connectivity index (χ3v) is 9.13. The number of aliphatic imine (C=N–C) groups is 1. The molecule has 9 nitrogen and oxygen atoms in total. The summed E-state index contributed by atoms with van der Waals surface area (Å²) >= 11 is 12.7. The zero-order valence-corrected chi connectivity index (χ0v) is 24.8. The molecule has 1 aliphatic heterocycles. The van der Waals surface area contributed by atoms with Crippen molar-refractivity contribution in [3.63, 3.8) is 0 Å². The SMILES string of the molecule is C[C@]1(C(N)=O)COc2c1cc([C@@](O)(CNC(=O)c1cc(Cl)c(N)c(C=NC3CC3)c1)C1CC1)nc2-c1cccc(F)c1Cl. The summed E-state index contributed by atoms with van der Waals surface area (Å²) in [5.74, 6) is -1.79. The van der Waals surface area contributed by atoms with E-state index >= 15 is 0 Å². The molecule has 0 bridgehead atoms. The molecule has 43 heavy (non-hydrogen) atoms. The van der Waals surface area contributed by atoms with Gasteiger partial charge in [0.05, 0.1) is 34.0 Å². The van der Waals surface area contributed by atoms with Crippen molar-refractivity contribution in [3.05, 3.63) is 74.6 Å². The van der Waals surface area contributed by atoms with Gasteiger partial charge < -0.3 is 26.6 Å². The van der Waals surface area contributed by atoms with Crippen LogP contribution in [0.4, 0.5) is 10.1 Å². The molecule has 0 radical (unpaired) electrons. The topological polar surface area (TPSA) is 153 Å². The van der Waals surface area contributed by atoms with Crippen LogP contribution in [0.1, 0.15) is 59.8 Å². The fourth-order valence-corrected chi connectivity index (χ4v) is 5.73. The molecular weight excluding hydrogens is 596 g/mol. The predicted octanol–water partition coefficient (Wildman–Crippen LogP) is 4.52. The molecule has 2 aliphatic carbocycles. The number of hydrogen-bond acceptors (Lipinski definition) is 7. The van der Waals surface area contributed by atoms with Gasteiger partial charge in [-0.1, -0.05) is 35.3 Å². The van der Waals surface area contributed by atoms with E-state index in [-0.39, 0.29) is 63.4 Å². The van der Waals surface area contributed by atoms with Gasteiger partial charge in [-0.05, 0) is 62.8 Å². The number of primary amides is 1. The number of pyridine rings is 1. The van der Waals surface area contributed by atoms with Gasteiger partial charge in [-0.25, -0.2) is 9.37 Å². The molecule has 1 aromatic heterocycles. The molecule has 3 aliphatic rings. The summed E-state index contributed by atoms with van der Waals surface area (Å²) in [5.41, 5.74) is 11.1. The number of nitrogens with two attached hydrogens (primary N) is 2. The maximum absolute atomic E-state index is 14.5. The molecule has 0 unspecified atom stereocenters. The highest BCUT2D eigenvalue weighted by molar-refractivity contribution is 6.34. The molecule has 6 rings (SSSR count). The summed E-state index contributed by atoms with van der Waals surface area (Å²) in [6.45, 7) is 1.36. The number of benzene rings is 2. The Hall–Kier alpha value is -3.73. The number of aliphatic hydroxyl groups is 1. The first-order valence-electron chi connectivity index (χ1n) is 14.0. The van der Waals surface area contributed by atoms with E-state index in [2.05, 4.69) is 10.3 Å². The lowest BCUT2D eigenvalue weighted by Gasteiger charge is -2.30. The number of amides is 2. The second-order valence-electron chi connectivity index (χ2n) is 11.7. The minimum Gasteiger partial charge on any atom is -0.489 e. The average Bonchev–Trinajstić information content (AvgIpc) is 3.92. The van der Waals surface area contributed by atoms with Gasteiger partial charge in [-0.15, -0.1) is 0 Å². The van der Waals surface area contributed by atoms with Crippen LogP contribution in [-0.4, -0.2) is 47.3 Å². The first-order chi connectivity index (χ1) is 20.4. The van der Waals surface area contributed by atoms with E-state index in [1.54, 1.807) is 31.3 Å². The Balaban J connectivity index is 1.38. The number of rotatable bonds is 9. The second kappa shape index (κ2) is 10.8. The van der Waals surface area contributed by atoms with Gasteiger partial charge in [0.1, 0.15) is 34.9 Å². The highest BCUT2D eigenvalue weighted by Crippen LogP contribution is 2.50. The number of halogens is 3. The summed E-state index contributed by atoms with van der Waals surface area (Å²) in [6, 6.07) is 9.18. The van der Waals surface area contributed by atoms with Crippen molar-refractivity contribution in [1.82, 2.24) is 10.3 Å². The summed E-state index contributed by atoms with van der Waals surface area (Å²) in [4.78, 5) is 35.1. The van der Waals surface area contributed by atoms with Crippen molar-refractivity contribution in [2.24, 2.45) is 16.6 Å². The molecule has 2 heterocycles. The molecule has 2 fully saturated rings. The maximum Gasteiger partial charge on any atom is 0.251 e. The molecule has 3 aromatic rings. The zero-order chi connectivity index (χ0) is 30.7. The van der Waals surface area contributed by atoms with Crippen molar-refractivity contribution in [1.29, 1.82) is 0 Å². The Labute approximate surface area is 257 Å². The van der Waals surface area contributed by atoms with Crippen molar-refractivity contribution in [3.8, 4) is 17.0 Å². The first-order valence-corrected chi connectivity index (χ1v) is 14.7. The van der Waals surface area contributed by atoms with Gasteiger partial charge in [0.25, 0.3) is 5.91 Å². The predicted molar refractivity (Wildman–Crippen MR) is 162 cm³/mol. The van der Waals surface area contributed by atoms with Crippen molar-refractivity contribution in [2.45, 2.75) is 49.7 Å². The highest BCUT2D eigenvalue weighted by Gasteiger charge is 2.50. The van der Waals surface area contributed by atoms with Gasteiger partial charge in [0.15, 0.2) is 0 Å². The van der Waals surface area contributed by atoms with E-state index in [1.165, 1.54) is 18.2 Å². The molecule has 2 atom stereocenters. The number of hydrogen-bond donors (Lipinski definition) is 4. The van der Waals surface area contributed by atoms with E-state index < -0.39 is 28.6 Å². The Morgan fingerprint density at radius 2 is 2.00 bits per heavy atom. The summed E-state index contributed by atoms with van der Waals surface area (Å²) in [6.07, 6.45) is 5.01. The molecule has 0 spiro atoms. The van der Waals surface area contributed by atoms with E-state index in [4.69, 9.17) is 44.4 Å². The molecule has 12 heteroatoms. The molecule has 224 valence electrons. The smallest absolute Gasteiger partial charge is 0.251 e. The van der Waals surface area contributed by atoms with Crippen LogP contribution in [0.25, 0.3) is 11.3 Å². The third-order valence-electron chi connectivity index (χ3n) is 8.43. The van der Waals surface area contributed by atoms with Crippen LogP contribution in [0.5, 0.6) is 5.75 Å². The van der Waals surface area contributed by atoms with Gasteiger partial charge in [-0.3, -0.25) is 14.6 Å². The molecule has 2 saturated carbocycles. The molecular formula is C31H30Cl2FN5O4. The van der Waals surface area contributed by atoms with Gasteiger partial charge in [0, 0.05) is 28.5 Å². The quantitative estimate of drug-likeness (QED) is 0.202. The Kier molecular flexibility index (Phi) is 7.35. The Morgan fingerprint density at radius 1 is 1.26 bits per heavy atom. The lowest BCUT2D eigenvalue weighted by molar-refractivity contribution is -0.123. The van der Waals surface area contributed by atoms with E-state index in [0.29, 0.717) is 29.7 Å². The molecule has 6 N–H and O–H groups in total. The summed E-state index contributed by atoms with van der Waals surface area (Å²) in [7, 11) is 0. The number of fused-ring (bicyclic) bond motifs is 1. The van der Waals surface area contributed by atoms with Crippen LogP contribution in [0, 0.1) is 11.7 Å². The number of carbonyl (C=O) groups is 2. The van der Waals surface area contributed by atoms with Crippen molar-refractivity contribution >= 4 is 46.9 Å². The van der Waals surface area contributed by atoms with Gasteiger partial charge >= 0.3 is 0 Å². The van der Waals surface area contributed by atoms with Crippen LogP contribution in [0.15, 0.2) is 41.4 Å². The number of carbonyl (C=O) groups excluding carboxylic acids is 2. The molecule has 0 saturated heterocycles. The minimum atomic E-state index is -1.64. The largest absolute Gasteiger partial charge is 0.489 e. The van der Waals surface area contributed by atoms with Crippen LogP contribution < -0.4 is 21.5 Å². The van der Waals surface area contributed by atoms with E-state index in [0.717, 1.165) is 12.8 Å². The standard InChI is InChI=1S/C31H30Cl2FN5O4/c1-30(29(36)41)14-43-27-20(30)11-23(39-26(27)19-3-2-4-22(34)24(19)33)31(42,17-5-6-17)13-38-28(40)15-9-16(12-37-18-7-8-18)25(35)21(32)10-15/h2-4,9-12,17-18,42H,5-8,13-14,35H2,1H3,(H2,36,41)(H,38,40)/t30-,31+/m0/s1. The summed E-state index contributed by atoms with van der Waals surface area (Å²) in [5, 5.41) is 15.0. The normalized spacial score (nSPS) is 20.9. The second-order valence-corrected chi connectivity index (χ2v) is 12.5. The number of nitrogen functional groups attached to an aromatic ring is 1.